The van der Waals surface area contributed by atoms with E-state index < -0.39 is 18.0 Å². The Bertz CT molecular complexity index is 806. The summed E-state index contributed by atoms with van der Waals surface area (Å²) in [6.07, 6.45) is -0.743. The first kappa shape index (κ1) is 16.6. The molecule has 2 aromatic rings. The van der Waals surface area contributed by atoms with Crippen LogP contribution >= 0.6 is 0 Å². The Morgan fingerprint density at radius 1 is 1.12 bits per heavy atom. The molecule has 2 aromatic carbocycles. The van der Waals surface area contributed by atoms with Crippen molar-refractivity contribution in [3.8, 4) is 17.2 Å². The molecule has 1 heterocycles. The van der Waals surface area contributed by atoms with E-state index in [-0.39, 0.29) is 6.61 Å². The Morgan fingerprint density at radius 3 is 2.64 bits per heavy atom. The van der Waals surface area contributed by atoms with Crippen LogP contribution in [-0.4, -0.2) is 31.8 Å². The van der Waals surface area contributed by atoms with E-state index in [1.54, 1.807) is 30.3 Å². The van der Waals surface area contributed by atoms with Crippen molar-refractivity contribution in [1.82, 2.24) is 5.32 Å². The highest BCUT2D eigenvalue weighted by molar-refractivity contribution is 6.39. The summed E-state index contributed by atoms with van der Waals surface area (Å²) in [6, 6.07) is 12.4. The topological polar surface area (TPSA) is 85.9 Å². The Kier molecular flexibility index (Phi) is 4.74. The number of methoxy groups -OCH3 is 1. The SMILES string of the molecule is COc1ccc(C)cc1NC(=O)C(=O)NC1COc2ccccc2O1. The van der Waals surface area contributed by atoms with E-state index in [1.807, 2.05) is 19.1 Å². The van der Waals surface area contributed by atoms with E-state index in [1.165, 1.54) is 7.11 Å². The largest absolute Gasteiger partial charge is 0.495 e. The first-order chi connectivity index (χ1) is 12.1. The molecule has 2 N–H and O–H groups in total. The maximum Gasteiger partial charge on any atom is 0.313 e. The molecule has 25 heavy (non-hydrogen) atoms. The molecular weight excluding hydrogens is 324 g/mol. The predicted octanol–water partition coefficient (Wildman–Crippen LogP) is 1.86. The van der Waals surface area contributed by atoms with E-state index in [9.17, 15) is 9.59 Å². The second kappa shape index (κ2) is 7.12. The van der Waals surface area contributed by atoms with E-state index in [2.05, 4.69) is 10.6 Å². The minimum Gasteiger partial charge on any atom is -0.495 e. The Labute approximate surface area is 144 Å². The Balaban J connectivity index is 1.62. The molecule has 7 nitrogen and oxygen atoms in total. The lowest BCUT2D eigenvalue weighted by atomic mass is 10.2. The molecule has 0 aliphatic carbocycles. The lowest BCUT2D eigenvalue weighted by Gasteiger charge is -2.26. The number of fused-ring (bicyclic) bond motifs is 1. The molecule has 130 valence electrons. The summed E-state index contributed by atoms with van der Waals surface area (Å²) in [5, 5.41) is 5.03. The molecule has 0 fully saturated rings. The highest BCUT2D eigenvalue weighted by Gasteiger charge is 2.25. The van der Waals surface area contributed by atoms with Gasteiger partial charge in [0.05, 0.1) is 12.8 Å². The van der Waals surface area contributed by atoms with Crippen molar-refractivity contribution < 1.29 is 23.8 Å². The third-order valence-corrected chi connectivity index (χ3v) is 3.61. The molecule has 0 aromatic heterocycles. The molecule has 7 heteroatoms. The zero-order chi connectivity index (χ0) is 17.8. The summed E-state index contributed by atoms with van der Waals surface area (Å²) < 4.78 is 16.3. The van der Waals surface area contributed by atoms with Gasteiger partial charge in [0.25, 0.3) is 0 Å². The lowest BCUT2D eigenvalue weighted by molar-refractivity contribution is -0.138. The van der Waals surface area contributed by atoms with Crippen molar-refractivity contribution in [3.63, 3.8) is 0 Å². The fraction of sp³-hybridized carbons (Fsp3) is 0.222. The molecule has 0 saturated carbocycles. The van der Waals surface area contributed by atoms with Crippen molar-refractivity contribution in [2.24, 2.45) is 0 Å². The molecule has 1 atom stereocenters. The van der Waals surface area contributed by atoms with E-state index in [4.69, 9.17) is 14.2 Å². The molecule has 1 unspecified atom stereocenters. The maximum atomic E-state index is 12.1. The van der Waals surface area contributed by atoms with Gasteiger partial charge in [0.2, 0.25) is 6.23 Å². The summed E-state index contributed by atoms with van der Waals surface area (Å²) in [4.78, 5) is 24.2. The first-order valence-corrected chi connectivity index (χ1v) is 7.72. The quantitative estimate of drug-likeness (QED) is 0.832. The smallest absolute Gasteiger partial charge is 0.313 e. The second-order valence-corrected chi connectivity index (χ2v) is 5.50. The van der Waals surface area contributed by atoms with Crippen molar-refractivity contribution in [2.75, 3.05) is 19.0 Å². The molecule has 0 spiro atoms. The molecule has 0 saturated heterocycles. The standard InChI is InChI=1S/C18H18N2O5/c1-11-7-8-13(23-2)12(9-11)19-17(21)18(22)20-16-10-24-14-5-3-4-6-15(14)25-16/h3-9,16H,10H2,1-2H3,(H,19,21)(H,20,22). The molecule has 0 radical (unpaired) electrons. The van der Waals surface area contributed by atoms with Crippen LogP contribution in [0.15, 0.2) is 42.5 Å². The number of nitrogens with one attached hydrogen (secondary N) is 2. The van der Waals surface area contributed by atoms with Crippen molar-refractivity contribution >= 4 is 17.5 Å². The molecule has 1 aliphatic heterocycles. The number of carbonyl (C=O) groups is 2. The number of amides is 2. The molecule has 3 rings (SSSR count). The van der Waals surface area contributed by atoms with E-state index >= 15 is 0 Å². The Morgan fingerprint density at radius 2 is 1.88 bits per heavy atom. The average Bonchev–Trinajstić information content (AvgIpc) is 2.61. The van der Waals surface area contributed by atoms with E-state index in [0.717, 1.165) is 5.56 Å². The monoisotopic (exact) mass is 342 g/mol. The maximum absolute atomic E-state index is 12.1. The number of hydrogen-bond acceptors (Lipinski definition) is 5. The van der Waals surface area contributed by atoms with Crippen LogP contribution in [0.4, 0.5) is 5.69 Å². The van der Waals surface area contributed by atoms with Gasteiger partial charge in [-0.25, -0.2) is 0 Å². The summed E-state index contributed by atoms with van der Waals surface area (Å²) in [7, 11) is 1.49. The third kappa shape index (κ3) is 3.82. The average molecular weight is 342 g/mol. The number of para-hydroxylation sites is 2. The molecule has 2 amide bonds. The van der Waals surface area contributed by atoms with Crippen LogP contribution in [0.3, 0.4) is 0 Å². The van der Waals surface area contributed by atoms with Crippen LogP contribution in [0, 0.1) is 6.92 Å². The van der Waals surface area contributed by atoms with Gasteiger partial charge >= 0.3 is 11.8 Å². The summed E-state index contributed by atoms with van der Waals surface area (Å²) in [5.41, 5.74) is 1.35. The number of anilines is 1. The zero-order valence-electron chi connectivity index (χ0n) is 13.9. The highest BCUT2D eigenvalue weighted by atomic mass is 16.6. The van der Waals surface area contributed by atoms with Gasteiger partial charge in [-0.15, -0.1) is 0 Å². The van der Waals surface area contributed by atoms with Gasteiger partial charge in [-0.05, 0) is 36.8 Å². The number of rotatable bonds is 3. The van der Waals surface area contributed by atoms with Gasteiger partial charge in [0, 0.05) is 0 Å². The van der Waals surface area contributed by atoms with E-state index in [0.29, 0.717) is 22.9 Å². The third-order valence-electron chi connectivity index (χ3n) is 3.61. The van der Waals surface area contributed by atoms with Crippen LogP contribution < -0.4 is 24.8 Å². The molecule has 0 bridgehead atoms. The fourth-order valence-corrected chi connectivity index (χ4v) is 2.40. The van der Waals surface area contributed by atoms with Crippen LogP contribution in [0.5, 0.6) is 17.2 Å². The van der Waals surface area contributed by atoms with Crippen molar-refractivity contribution in [3.05, 3.63) is 48.0 Å². The number of benzene rings is 2. The van der Waals surface area contributed by atoms with Crippen LogP contribution in [-0.2, 0) is 9.59 Å². The predicted molar refractivity (Wildman–Crippen MR) is 90.9 cm³/mol. The summed E-state index contributed by atoms with van der Waals surface area (Å²) >= 11 is 0. The molecule has 1 aliphatic rings. The number of carbonyl (C=O) groups excluding carboxylic acids is 2. The Hall–Kier alpha value is -3.22. The minimum absolute atomic E-state index is 0.115. The molecular formula is C18H18N2O5. The highest BCUT2D eigenvalue weighted by Crippen LogP contribution is 2.30. The zero-order valence-corrected chi connectivity index (χ0v) is 13.9. The normalized spacial score (nSPS) is 15.2. The lowest BCUT2D eigenvalue weighted by Crippen LogP contribution is -2.48. The van der Waals surface area contributed by atoms with Crippen molar-refractivity contribution in [1.29, 1.82) is 0 Å². The van der Waals surface area contributed by atoms with Crippen LogP contribution in [0.1, 0.15) is 5.56 Å². The minimum atomic E-state index is -0.823. The van der Waals surface area contributed by atoms with Gasteiger partial charge in [0.1, 0.15) is 12.4 Å². The van der Waals surface area contributed by atoms with Gasteiger partial charge < -0.3 is 24.8 Å². The first-order valence-electron chi connectivity index (χ1n) is 7.72. The number of ether oxygens (including phenoxy) is 3. The van der Waals surface area contributed by atoms with Gasteiger partial charge in [-0.3, -0.25) is 9.59 Å². The van der Waals surface area contributed by atoms with Crippen molar-refractivity contribution in [2.45, 2.75) is 13.2 Å². The van der Waals surface area contributed by atoms with Crippen LogP contribution in [0.2, 0.25) is 0 Å². The number of hydrogen-bond donors (Lipinski definition) is 2. The van der Waals surface area contributed by atoms with Crippen LogP contribution in [0.25, 0.3) is 0 Å². The van der Waals surface area contributed by atoms with Gasteiger partial charge in [-0.1, -0.05) is 18.2 Å². The second-order valence-electron chi connectivity index (χ2n) is 5.50. The number of aryl methyl sites for hydroxylation is 1. The summed E-state index contributed by atoms with van der Waals surface area (Å²) in [6.45, 7) is 1.99. The summed E-state index contributed by atoms with van der Waals surface area (Å²) in [5.74, 6) is -0.0532. The van der Waals surface area contributed by atoms with Gasteiger partial charge in [0.15, 0.2) is 11.5 Å². The fourth-order valence-electron chi connectivity index (χ4n) is 2.40. The van der Waals surface area contributed by atoms with Gasteiger partial charge in [-0.2, -0.15) is 0 Å².